The third kappa shape index (κ3) is 2.29. The van der Waals surface area contributed by atoms with E-state index in [0.29, 0.717) is 0 Å². The van der Waals surface area contributed by atoms with Crippen LogP contribution in [0.3, 0.4) is 0 Å². The minimum Gasteiger partial charge on any atom is -0.504 e. The zero-order chi connectivity index (χ0) is 19.2. The van der Waals surface area contributed by atoms with Crippen molar-refractivity contribution in [3.8, 4) is 51.6 Å². The fourth-order valence-corrected chi connectivity index (χ4v) is 2.58. The van der Waals surface area contributed by atoms with Crippen molar-refractivity contribution in [1.29, 1.82) is 0 Å². The van der Waals surface area contributed by atoms with Gasteiger partial charge >= 0.3 is 0 Å². The molecule has 0 aliphatic carbocycles. The first-order chi connectivity index (χ1) is 12.3. The lowest BCUT2D eigenvalue weighted by Crippen LogP contribution is -2.05. The van der Waals surface area contributed by atoms with Crippen LogP contribution in [0.15, 0.2) is 27.4 Å². The second kappa shape index (κ2) is 5.96. The smallest absolute Gasteiger partial charge is 0.239 e. The van der Waals surface area contributed by atoms with Crippen LogP contribution in [0, 0.1) is 0 Å². The van der Waals surface area contributed by atoms with Crippen LogP contribution in [0.4, 0.5) is 0 Å². The number of fused-ring (bicyclic) bond motifs is 1. The second-order valence-electron chi connectivity index (χ2n) is 5.28. The number of hydrogen-bond acceptors (Lipinski definition) is 9. The summed E-state index contributed by atoms with van der Waals surface area (Å²) in [5, 5.41) is 49.2. The van der Waals surface area contributed by atoms with E-state index >= 15 is 0 Å². The number of aromatic hydroxyl groups is 5. The number of ether oxygens (including phenoxy) is 2. The summed E-state index contributed by atoms with van der Waals surface area (Å²) < 4.78 is 15.4. The molecule has 3 rings (SSSR count). The van der Waals surface area contributed by atoms with E-state index in [0.717, 1.165) is 19.2 Å². The van der Waals surface area contributed by atoms with Crippen molar-refractivity contribution in [1.82, 2.24) is 0 Å². The van der Waals surface area contributed by atoms with Crippen LogP contribution in [0.1, 0.15) is 0 Å². The van der Waals surface area contributed by atoms with Gasteiger partial charge in [-0.25, -0.2) is 0 Å². The van der Waals surface area contributed by atoms with Crippen LogP contribution in [0.25, 0.3) is 22.3 Å². The molecule has 136 valence electrons. The van der Waals surface area contributed by atoms with Crippen molar-refractivity contribution in [3.63, 3.8) is 0 Å². The summed E-state index contributed by atoms with van der Waals surface area (Å²) >= 11 is 0. The second-order valence-corrected chi connectivity index (χ2v) is 5.28. The average molecular weight is 362 g/mol. The Labute approximate surface area is 145 Å². The molecule has 0 bridgehead atoms. The van der Waals surface area contributed by atoms with Crippen LogP contribution in [0.2, 0.25) is 0 Å². The van der Waals surface area contributed by atoms with Gasteiger partial charge in [-0.1, -0.05) is 0 Å². The normalized spacial score (nSPS) is 10.8. The number of phenolic OH excluding ortho intramolecular Hbond substituents is 4. The van der Waals surface area contributed by atoms with Crippen LogP contribution >= 0.6 is 0 Å². The lowest BCUT2D eigenvalue weighted by molar-refractivity contribution is 0.323. The predicted molar refractivity (Wildman–Crippen MR) is 89.3 cm³/mol. The minimum atomic E-state index is -1.01. The highest BCUT2D eigenvalue weighted by Crippen LogP contribution is 2.50. The molecule has 1 aromatic heterocycles. The molecule has 0 radical (unpaired) electrons. The Kier molecular flexibility index (Phi) is 3.91. The Morgan fingerprint density at radius 3 is 2.08 bits per heavy atom. The summed E-state index contributed by atoms with van der Waals surface area (Å²) in [6, 6.07) is 3.48. The first-order valence-corrected chi connectivity index (χ1v) is 7.19. The minimum absolute atomic E-state index is 0.0636. The first kappa shape index (κ1) is 17.1. The predicted octanol–water partition coefficient (Wildman–Crippen LogP) is 2.01. The van der Waals surface area contributed by atoms with E-state index in [1.165, 1.54) is 13.2 Å². The van der Waals surface area contributed by atoms with E-state index in [1.54, 1.807) is 0 Å². The maximum Gasteiger partial charge on any atom is 0.239 e. The van der Waals surface area contributed by atoms with Gasteiger partial charge in [0.05, 0.1) is 14.2 Å². The van der Waals surface area contributed by atoms with Crippen molar-refractivity contribution < 1.29 is 39.4 Å². The van der Waals surface area contributed by atoms with Crippen molar-refractivity contribution >= 4 is 11.0 Å². The summed E-state index contributed by atoms with van der Waals surface area (Å²) in [6.45, 7) is 0. The van der Waals surface area contributed by atoms with Crippen molar-refractivity contribution in [3.05, 3.63) is 28.4 Å². The summed E-state index contributed by atoms with van der Waals surface area (Å²) in [4.78, 5) is 12.6. The van der Waals surface area contributed by atoms with E-state index in [9.17, 15) is 30.3 Å². The van der Waals surface area contributed by atoms with Gasteiger partial charge < -0.3 is 39.4 Å². The van der Waals surface area contributed by atoms with Gasteiger partial charge in [0.2, 0.25) is 28.4 Å². The van der Waals surface area contributed by atoms with Crippen LogP contribution in [-0.4, -0.2) is 39.8 Å². The van der Waals surface area contributed by atoms with Gasteiger partial charge in [0.1, 0.15) is 5.39 Å². The molecule has 0 aliphatic rings. The van der Waals surface area contributed by atoms with Gasteiger partial charge in [-0.05, 0) is 18.2 Å². The molecule has 0 aliphatic heterocycles. The molecule has 0 amide bonds. The van der Waals surface area contributed by atoms with Crippen molar-refractivity contribution in [2.24, 2.45) is 0 Å². The van der Waals surface area contributed by atoms with E-state index in [2.05, 4.69) is 0 Å². The molecule has 0 saturated carbocycles. The zero-order valence-electron chi connectivity index (χ0n) is 13.6. The molecule has 26 heavy (non-hydrogen) atoms. The molecule has 0 atom stereocenters. The highest BCUT2D eigenvalue weighted by Gasteiger charge is 2.28. The van der Waals surface area contributed by atoms with Crippen LogP contribution in [0.5, 0.6) is 40.2 Å². The van der Waals surface area contributed by atoms with E-state index < -0.39 is 45.3 Å². The van der Waals surface area contributed by atoms with Crippen molar-refractivity contribution in [2.45, 2.75) is 0 Å². The van der Waals surface area contributed by atoms with E-state index in [1.807, 2.05) is 0 Å². The van der Waals surface area contributed by atoms with E-state index in [-0.39, 0.29) is 22.7 Å². The number of rotatable bonds is 3. The highest BCUT2D eigenvalue weighted by molar-refractivity contribution is 5.96. The number of methoxy groups -OCH3 is 2. The highest BCUT2D eigenvalue weighted by atomic mass is 16.5. The Morgan fingerprint density at radius 1 is 0.846 bits per heavy atom. The number of hydrogen-bond donors (Lipinski definition) is 5. The van der Waals surface area contributed by atoms with Gasteiger partial charge in [-0.15, -0.1) is 0 Å². The summed E-state index contributed by atoms with van der Waals surface area (Å²) in [6.07, 6.45) is 0. The fraction of sp³-hybridized carbons (Fsp3) is 0.118. The van der Waals surface area contributed by atoms with Gasteiger partial charge in [0.15, 0.2) is 28.6 Å². The molecule has 0 unspecified atom stereocenters. The van der Waals surface area contributed by atoms with Gasteiger partial charge in [0.25, 0.3) is 0 Å². The lowest BCUT2D eigenvalue weighted by atomic mass is 10.1. The van der Waals surface area contributed by atoms with Crippen LogP contribution in [-0.2, 0) is 0 Å². The Hall–Kier alpha value is -3.75. The monoisotopic (exact) mass is 362 g/mol. The SMILES string of the molecule is COc1c(O)c(OC)c2oc(-c3ccc(O)c(O)c3)c(O)c(=O)c2c1O. The first-order valence-electron chi connectivity index (χ1n) is 7.19. The fourth-order valence-electron chi connectivity index (χ4n) is 2.58. The largest absolute Gasteiger partial charge is 0.504 e. The maximum absolute atomic E-state index is 12.6. The van der Waals surface area contributed by atoms with Gasteiger partial charge in [-0.2, -0.15) is 0 Å². The Balaban J connectivity index is 2.47. The molecule has 1 heterocycles. The maximum atomic E-state index is 12.6. The topological polar surface area (TPSA) is 150 Å². The Bertz CT molecular complexity index is 1080. The van der Waals surface area contributed by atoms with Gasteiger partial charge in [0, 0.05) is 5.56 Å². The molecule has 9 heteroatoms. The van der Waals surface area contributed by atoms with Crippen molar-refractivity contribution in [2.75, 3.05) is 14.2 Å². The molecular formula is C17H14O9. The summed E-state index contributed by atoms with van der Waals surface area (Å²) in [5.41, 5.74) is -1.29. The van der Waals surface area contributed by atoms with Crippen LogP contribution < -0.4 is 14.9 Å². The molecule has 3 aromatic rings. The molecular weight excluding hydrogens is 348 g/mol. The van der Waals surface area contributed by atoms with E-state index in [4.69, 9.17) is 13.9 Å². The quantitative estimate of drug-likeness (QED) is 0.441. The molecule has 9 nitrogen and oxygen atoms in total. The molecule has 2 aromatic carbocycles. The zero-order valence-corrected chi connectivity index (χ0v) is 13.6. The third-order valence-electron chi connectivity index (χ3n) is 3.82. The molecule has 0 fully saturated rings. The molecule has 0 spiro atoms. The molecule has 0 saturated heterocycles. The number of phenols is 4. The molecule has 5 N–H and O–H groups in total. The summed E-state index contributed by atoms with van der Waals surface area (Å²) in [7, 11) is 2.36. The lowest BCUT2D eigenvalue weighted by Gasteiger charge is -2.14. The standard InChI is InChI=1S/C17H14O9/c1-24-16-11(21)9-10(20)12(22)14(6-3-4-7(18)8(19)5-6)26-15(9)17(25-2)13(16)23/h3-5,18-19,21-23H,1-2H3. The third-order valence-corrected chi connectivity index (χ3v) is 3.82. The summed E-state index contributed by atoms with van der Waals surface area (Å²) in [5.74, 6) is -4.18. The number of benzene rings is 2. The average Bonchev–Trinajstić information content (AvgIpc) is 2.61. The Morgan fingerprint density at radius 2 is 1.50 bits per heavy atom. The van der Waals surface area contributed by atoms with Gasteiger partial charge in [-0.3, -0.25) is 4.79 Å².